The van der Waals surface area contributed by atoms with E-state index in [0.717, 1.165) is 22.5 Å². The van der Waals surface area contributed by atoms with Gasteiger partial charge in [-0.05, 0) is 34.1 Å². The second-order valence-electron chi connectivity index (χ2n) is 8.58. The lowest BCUT2D eigenvalue weighted by Gasteiger charge is -2.19. The molecule has 9 nitrogen and oxygen atoms in total. The number of aromatic amines is 1. The highest BCUT2D eigenvalue weighted by Crippen LogP contribution is 2.56. The minimum absolute atomic E-state index is 0.426. The third-order valence-corrected chi connectivity index (χ3v) is 9.59. The number of nitrogens with zero attached hydrogens (tertiary/aromatic N) is 5. The Kier molecular flexibility index (Phi) is 9.01. The van der Waals surface area contributed by atoms with Crippen LogP contribution in [0.4, 0.5) is 0 Å². The largest absolute Gasteiger partial charge is 0.468 e. The number of allylic oxidation sites excluding steroid dienone is 2. The molecule has 0 saturated heterocycles. The number of thioether (sulfide) groups is 1. The van der Waals surface area contributed by atoms with Crippen LogP contribution < -0.4 is 0 Å². The SMILES string of the molecule is O=CS1(c2nnc(SCc3ccco3)[nH]2)C=CC=C1.O[C@H](c1ccccc1)c1nnc(Cc2ccccc2)n1S. The van der Waals surface area contributed by atoms with Crippen LogP contribution in [0.5, 0.6) is 0 Å². The lowest BCUT2D eigenvalue weighted by molar-refractivity contribution is 0.209. The summed E-state index contributed by atoms with van der Waals surface area (Å²) in [5.41, 5.74) is 2.83. The van der Waals surface area contributed by atoms with Crippen LogP contribution in [0.15, 0.2) is 117 Å². The Morgan fingerprint density at radius 3 is 2.38 bits per heavy atom. The summed E-state index contributed by atoms with van der Waals surface area (Å²) >= 11 is 5.91. The number of H-pyrrole nitrogens is 1. The van der Waals surface area contributed by atoms with Gasteiger partial charge in [0, 0.05) is 6.42 Å². The van der Waals surface area contributed by atoms with Crippen LogP contribution in [0.2, 0.25) is 0 Å². The number of hydrogen-bond donors (Lipinski definition) is 3. The molecule has 2 N–H and O–H groups in total. The van der Waals surface area contributed by atoms with Gasteiger partial charge in [0.15, 0.2) is 21.8 Å². The second-order valence-corrected chi connectivity index (χ2v) is 12.6. The van der Waals surface area contributed by atoms with E-state index in [9.17, 15) is 9.90 Å². The number of carbonyl (C=O) groups is 1. The number of aliphatic hydroxyl groups excluding tert-OH is 1. The second kappa shape index (κ2) is 13.0. The lowest BCUT2D eigenvalue weighted by Crippen LogP contribution is -2.06. The maximum atomic E-state index is 11.3. The fourth-order valence-corrected chi connectivity index (χ4v) is 6.56. The monoisotopic (exact) mass is 590 g/mol. The summed E-state index contributed by atoms with van der Waals surface area (Å²) in [5.74, 6) is 2.68. The van der Waals surface area contributed by atoms with Crippen molar-refractivity contribution in [3.8, 4) is 0 Å². The molecular formula is C28H26N6O3S3. The zero-order valence-corrected chi connectivity index (χ0v) is 23.7. The van der Waals surface area contributed by atoms with Gasteiger partial charge in [0.05, 0.1) is 12.0 Å². The summed E-state index contributed by atoms with van der Waals surface area (Å²) in [6.07, 6.45) is 5.16. The van der Waals surface area contributed by atoms with Crippen molar-refractivity contribution < 1.29 is 14.3 Å². The standard InChI is InChI=1S/C16H15N3OS.C12H11N3O2S2/c20-15(13-9-5-2-6-10-13)16-18-17-14(19(16)21)11-12-7-3-1-4-8-12;16-9-19(6-1-2-7-19)12-13-11(14-15-12)18-8-10-4-3-5-17-10/h1-10,15,20-21H,11H2;1-7,9H,8H2,(H,13,14,15)/t15-;/m1./s1. The van der Waals surface area contributed by atoms with E-state index in [2.05, 4.69) is 38.2 Å². The van der Waals surface area contributed by atoms with Crippen molar-refractivity contribution in [1.29, 1.82) is 0 Å². The first-order valence-electron chi connectivity index (χ1n) is 12.2. The molecule has 0 unspecified atom stereocenters. The number of nitrogens with one attached hydrogen (secondary N) is 1. The predicted octanol–water partition coefficient (Wildman–Crippen LogP) is 5.73. The summed E-state index contributed by atoms with van der Waals surface area (Å²) in [6, 6.07) is 23.1. The molecule has 204 valence electrons. The Labute approximate surface area is 242 Å². The van der Waals surface area contributed by atoms with Gasteiger partial charge in [0.1, 0.15) is 17.7 Å². The van der Waals surface area contributed by atoms with E-state index in [0.29, 0.717) is 34.1 Å². The molecule has 5 aromatic rings. The zero-order valence-electron chi connectivity index (χ0n) is 21.1. The van der Waals surface area contributed by atoms with Gasteiger partial charge < -0.3 is 14.5 Å². The minimum atomic E-state index is -1.74. The molecule has 40 heavy (non-hydrogen) atoms. The van der Waals surface area contributed by atoms with Crippen molar-refractivity contribution in [3.05, 3.63) is 131 Å². The summed E-state index contributed by atoms with van der Waals surface area (Å²) in [5, 5.41) is 31.8. The molecular weight excluding hydrogens is 565 g/mol. The van der Waals surface area contributed by atoms with Crippen molar-refractivity contribution in [1.82, 2.24) is 29.4 Å². The third-order valence-electron chi connectivity index (χ3n) is 5.88. The molecule has 0 aliphatic carbocycles. The molecule has 1 aliphatic rings. The van der Waals surface area contributed by atoms with Gasteiger partial charge in [-0.25, -0.2) is 0 Å². The highest BCUT2D eigenvalue weighted by molar-refractivity contribution is 8.48. The van der Waals surface area contributed by atoms with Gasteiger partial charge in [-0.15, -0.1) is 20.4 Å². The van der Waals surface area contributed by atoms with Crippen LogP contribution in [0, 0.1) is 0 Å². The summed E-state index contributed by atoms with van der Waals surface area (Å²) in [7, 11) is -1.74. The molecule has 0 spiro atoms. The fourth-order valence-electron chi connectivity index (χ4n) is 3.79. The smallest absolute Gasteiger partial charge is 0.189 e. The van der Waals surface area contributed by atoms with Crippen LogP contribution in [0.1, 0.15) is 34.6 Å². The number of rotatable bonds is 9. The Bertz CT molecular complexity index is 1570. The number of thiol groups is 1. The van der Waals surface area contributed by atoms with Crippen molar-refractivity contribution in [3.63, 3.8) is 0 Å². The van der Waals surface area contributed by atoms with Gasteiger partial charge in [-0.1, -0.05) is 107 Å². The predicted molar refractivity (Wildman–Crippen MR) is 160 cm³/mol. The molecule has 0 saturated carbocycles. The number of furan rings is 1. The molecule has 0 amide bonds. The third kappa shape index (κ3) is 6.48. The summed E-state index contributed by atoms with van der Waals surface area (Å²) in [4.78, 5) is 14.4. The Morgan fingerprint density at radius 1 is 0.975 bits per heavy atom. The first-order valence-corrected chi connectivity index (χ1v) is 15.4. The topological polar surface area (TPSA) is 123 Å². The van der Waals surface area contributed by atoms with Crippen LogP contribution in [0.25, 0.3) is 0 Å². The molecule has 2 aromatic carbocycles. The van der Waals surface area contributed by atoms with E-state index in [-0.39, 0.29) is 0 Å². The molecule has 1 aliphatic heterocycles. The number of aliphatic hydroxyl groups is 1. The molecule has 0 fully saturated rings. The average molecular weight is 591 g/mol. The van der Waals surface area contributed by atoms with E-state index < -0.39 is 16.1 Å². The van der Waals surface area contributed by atoms with Gasteiger partial charge in [0.2, 0.25) is 0 Å². The highest BCUT2D eigenvalue weighted by Gasteiger charge is 2.26. The van der Waals surface area contributed by atoms with Crippen molar-refractivity contribution in [2.24, 2.45) is 0 Å². The molecule has 12 heteroatoms. The van der Waals surface area contributed by atoms with Gasteiger partial charge in [0.25, 0.3) is 0 Å². The normalized spacial score (nSPS) is 14.8. The fraction of sp³-hybridized carbons (Fsp3) is 0.107. The highest BCUT2D eigenvalue weighted by atomic mass is 32.3. The number of hydrogen-bond acceptors (Lipinski definition) is 9. The van der Waals surface area contributed by atoms with E-state index in [4.69, 9.17) is 4.42 Å². The minimum Gasteiger partial charge on any atom is -0.468 e. The van der Waals surface area contributed by atoms with E-state index in [1.54, 1.807) is 10.2 Å². The average Bonchev–Trinajstić information content (AvgIpc) is 3.82. The van der Waals surface area contributed by atoms with Crippen molar-refractivity contribution in [2.45, 2.75) is 28.6 Å². The number of benzene rings is 2. The number of aromatic nitrogens is 6. The van der Waals surface area contributed by atoms with Crippen LogP contribution in [0.3, 0.4) is 0 Å². The van der Waals surface area contributed by atoms with Crippen molar-refractivity contribution >= 4 is 40.2 Å². The quantitative estimate of drug-likeness (QED) is 0.113. The van der Waals surface area contributed by atoms with Crippen LogP contribution in [-0.4, -0.2) is 40.1 Å². The van der Waals surface area contributed by atoms with Gasteiger partial charge in [-0.2, -0.15) is 0 Å². The number of carbonyl (C=O) groups excluding carboxylic acids is 1. The Morgan fingerprint density at radius 2 is 1.70 bits per heavy atom. The van der Waals surface area contributed by atoms with E-state index in [1.165, 1.54) is 11.8 Å². The first kappa shape index (κ1) is 27.7. The van der Waals surface area contributed by atoms with Gasteiger partial charge in [-0.3, -0.25) is 8.77 Å². The maximum absolute atomic E-state index is 11.3. The van der Waals surface area contributed by atoms with Gasteiger partial charge >= 0.3 is 0 Å². The van der Waals surface area contributed by atoms with Crippen LogP contribution >= 0.6 is 34.6 Å². The first-order chi connectivity index (χ1) is 19.6. The summed E-state index contributed by atoms with van der Waals surface area (Å²) < 4.78 is 6.81. The molecule has 1 atom stereocenters. The van der Waals surface area contributed by atoms with Crippen LogP contribution in [-0.2, 0) is 17.0 Å². The van der Waals surface area contributed by atoms with E-state index in [1.807, 2.05) is 95.8 Å². The van der Waals surface area contributed by atoms with Crippen molar-refractivity contribution in [2.75, 3.05) is 0 Å². The lowest BCUT2D eigenvalue weighted by atomic mass is 10.1. The molecule has 3 aromatic heterocycles. The molecule has 6 rings (SSSR count). The molecule has 4 heterocycles. The Hall–Kier alpha value is -3.84. The maximum Gasteiger partial charge on any atom is 0.189 e. The molecule has 0 bridgehead atoms. The summed E-state index contributed by atoms with van der Waals surface area (Å²) in [6.45, 7) is 0. The van der Waals surface area contributed by atoms with E-state index >= 15 is 0 Å². The molecule has 0 radical (unpaired) electrons. The zero-order chi connectivity index (χ0) is 27.8. The Balaban J connectivity index is 0.000000162.